The van der Waals surface area contributed by atoms with Crippen LogP contribution in [-0.4, -0.2) is 101 Å². The van der Waals surface area contributed by atoms with Crippen LogP contribution in [0, 0.1) is 5.82 Å². The van der Waals surface area contributed by atoms with E-state index in [4.69, 9.17) is 0 Å². The molecule has 3 fully saturated rings. The first-order valence-electron chi connectivity index (χ1n) is 13.1. The number of aromatic nitrogens is 1. The van der Waals surface area contributed by atoms with Crippen molar-refractivity contribution in [3.8, 4) is 0 Å². The number of rotatable bonds is 6. The Kier molecular flexibility index (Phi) is 8.13. The van der Waals surface area contributed by atoms with Crippen molar-refractivity contribution < 1.29 is 14.0 Å². The molecule has 5 rings (SSSR count). The van der Waals surface area contributed by atoms with Crippen LogP contribution in [0.1, 0.15) is 42.6 Å². The molecule has 0 unspecified atom stereocenters. The highest BCUT2D eigenvalue weighted by Crippen LogP contribution is 2.24. The lowest BCUT2D eigenvalue weighted by Crippen LogP contribution is -2.53. The van der Waals surface area contributed by atoms with Gasteiger partial charge in [-0.2, -0.15) is 0 Å². The SMILES string of the molecule is O=C(CN1CCN(C(=O)c2csc(Nc3ccccc3F)n2)CC1)N1CCC(N2CCCCC2)CC1. The molecule has 3 aliphatic rings. The lowest BCUT2D eigenvalue weighted by molar-refractivity contribution is -0.134. The summed E-state index contributed by atoms with van der Waals surface area (Å²) in [4.78, 5) is 38.8. The summed E-state index contributed by atoms with van der Waals surface area (Å²) >= 11 is 1.28. The van der Waals surface area contributed by atoms with E-state index < -0.39 is 0 Å². The fraction of sp³-hybridized carbons (Fsp3) is 0.577. The first kappa shape index (κ1) is 25.1. The monoisotopic (exact) mass is 514 g/mol. The van der Waals surface area contributed by atoms with Crippen LogP contribution in [0.4, 0.5) is 15.2 Å². The molecule has 2 aromatic rings. The van der Waals surface area contributed by atoms with Gasteiger partial charge in [0.1, 0.15) is 11.5 Å². The number of para-hydroxylation sites is 1. The number of carbonyl (C=O) groups excluding carboxylic acids is 2. The zero-order chi connectivity index (χ0) is 24.9. The number of nitrogens with one attached hydrogen (secondary N) is 1. The molecule has 36 heavy (non-hydrogen) atoms. The highest BCUT2D eigenvalue weighted by molar-refractivity contribution is 7.14. The molecule has 3 saturated heterocycles. The Bertz CT molecular complexity index is 1040. The van der Waals surface area contributed by atoms with E-state index in [2.05, 4.69) is 20.1 Å². The summed E-state index contributed by atoms with van der Waals surface area (Å²) in [6.07, 6.45) is 6.12. The van der Waals surface area contributed by atoms with E-state index in [-0.39, 0.29) is 17.6 Å². The minimum atomic E-state index is -0.363. The number of nitrogens with zero attached hydrogens (tertiary/aromatic N) is 5. The quantitative estimate of drug-likeness (QED) is 0.638. The second-order valence-corrected chi connectivity index (χ2v) is 10.8. The third kappa shape index (κ3) is 6.04. The van der Waals surface area contributed by atoms with Crippen molar-refractivity contribution >= 4 is 34.0 Å². The summed E-state index contributed by atoms with van der Waals surface area (Å²) in [5.41, 5.74) is 0.694. The standard InChI is InChI=1S/C26H35FN6O2S/c27-21-6-2-3-7-22(21)28-26-29-23(19-36-26)25(35)33-16-14-30(15-17-33)18-24(34)32-12-8-20(9-13-32)31-10-4-1-5-11-31/h2-3,6-7,19-20H,1,4-5,8-18H2,(H,28,29). The van der Waals surface area contributed by atoms with Crippen LogP contribution < -0.4 is 5.32 Å². The van der Waals surface area contributed by atoms with Gasteiger partial charge >= 0.3 is 0 Å². The number of hydrogen-bond acceptors (Lipinski definition) is 7. The van der Waals surface area contributed by atoms with Gasteiger partial charge in [-0.3, -0.25) is 14.5 Å². The van der Waals surface area contributed by atoms with Gasteiger partial charge < -0.3 is 20.0 Å². The predicted octanol–water partition coefficient (Wildman–Crippen LogP) is 3.26. The molecule has 0 atom stereocenters. The molecular formula is C26H35FN6O2S. The van der Waals surface area contributed by atoms with E-state index in [0.717, 1.165) is 25.9 Å². The number of carbonyl (C=O) groups is 2. The molecule has 1 aromatic heterocycles. The summed E-state index contributed by atoms with van der Waals surface area (Å²) in [6.45, 7) is 7.03. The average Bonchev–Trinajstić information content (AvgIpc) is 3.39. The largest absolute Gasteiger partial charge is 0.341 e. The zero-order valence-electron chi connectivity index (χ0n) is 20.7. The smallest absolute Gasteiger partial charge is 0.273 e. The number of benzene rings is 1. The summed E-state index contributed by atoms with van der Waals surface area (Å²) in [5, 5.41) is 5.13. The Balaban J connectivity index is 1.05. The van der Waals surface area contributed by atoms with Crippen LogP contribution in [0.15, 0.2) is 29.6 Å². The van der Waals surface area contributed by atoms with Gasteiger partial charge in [0, 0.05) is 50.7 Å². The van der Waals surface area contributed by atoms with Crippen molar-refractivity contribution in [3.05, 3.63) is 41.2 Å². The summed E-state index contributed by atoms with van der Waals surface area (Å²) in [5.74, 6) is -0.286. The normalized spacial score (nSPS) is 20.5. The molecule has 0 bridgehead atoms. The summed E-state index contributed by atoms with van der Waals surface area (Å²) in [7, 11) is 0. The Hall–Kier alpha value is -2.56. The molecule has 0 spiro atoms. The van der Waals surface area contributed by atoms with E-state index in [1.165, 1.54) is 49.8 Å². The molecule has 0 saturated carbocycles. The van der Waals surface area contributed by atoms with Gasteiger partial charge in [0.05, 0.1) is 12.2 Å². The molecule has 0 radical (unpaired) electrons. The molecule has 3 aliphatic heterocycles. The molecule has 1 aromatic carbocycles. The van der Waals surface area contributed by atoms with E-state index in [9.17, 15) is 14.0 Å². The molecular weight excluding hydrogens is 479 g/mol. The summed E-state index contributed by atoms with van der Waals surface area (Å²) < 4.78 is 13.9. The van der Waals surface area contributed by atoms with Crippen LogP contribution in [0.2, 0.25) is 0 Å². The van der Waals surface area contributed by atoms with Gasteiger partial charge in [-0.25, -0.2) is 9.37 Å². The highest BCUT2D eigenvalue weighted by Gasteiger charge is 2.30. The van der Waals surface area contributed by atoms with Gasteiger partial charge in [0.15, 0.2) is 5.13 Å². The predicted molar refractivity (Wildman–Crippen MR) is 139 cm³/mol. The number of halogens is 1. The minimum absolute atomic E-state index is 0.126. The number of hydrogen-bond donors (Lipinski definition) is 1. The number of thiazole rings is 1. The maximum Gasteiger partial charge on any atom is 0.273 e. The first-order valence-corrected chi connectivity index (χ1v) is 14.0. The third-order valence-corrected chi connectivity index (χ3v) is 8.34. The lowest BCUT2D eigenvalue weighted by atomic mass is 10.00. The van der Waals surface area contributed by atoms with Crippen molar-refractivity contribution in [1.82, 2.24) is 24.6 Å². The first-order chi connectivity index (χ1) is 17.6. The number of likely N-dealkylation sites (tertiary alicyclic amines) is 2. The average molecular weight is 515 g/mol. The highest BCUT2D eigenvalue weighted by atomic mass is 32.1. The van der Waals surface area contributed by atoms with Crippen LogP contribution in [0.25, 0.3) is 0 Å². The van der Waals surface area contributed by atoms with E-state index in [1.54, 1.807) is 28.5 Å². The maximum absolute atomic E-state index is 13.9. The molecule has 2 amide bonds. The number of piperidine rings is 2. The molecule has 8 nitrogen and oxygen atoms in total. The minimum Gasteiger partial charge on any atom is -0.341 e. The molecule has 10 heteroatoms. The van der Waals surface area contributed by atoms with Crippen molar-refractivity contribution in [2.24, 2.45) is 0 Å². The van der Waals surface area contributed by atoms with E-state index in [1.807, 2.05) is 4.90 Å². The number of piperazine rings is 1. The zero-order valence-corrected chi connectivity index (χ0v) is 21.5. The second-order valence-electron chi connectivity index (χ2n) is 9.92. The molecule has 1 N–H and O–H groups in total. The topological polar surface area (TPSA) is 72.0 Å². The van der Waals surface area contributed by atoms with Gasteiger partial charge in [0.2, 0.25) is 5.91 Å². The van der Waals surface area contributed by atoms with Crippen LogP contribution in [0.5, 0.6) is 0 Å². The maximum atomic E-state index is 13.9. The molecule has 194 valence electrons. The fourth-order valence-electron chi connectivity index (χ4n) is 5.43. The Morgan fingerprint density at radius 1 is 0.944 bits per heavy atom. The van der Waals surface area contributed by atoms with Gasteiger partial charge in [-0.05, 0) is 50.9 Å². The van der Waals surface area contributed by atoms with E-state index >= 15 is 0 Å². The lowest BCUT2D eigenvalue weighted by Gasteiger charge is -2.41. The summed E-state index contributed by atoms with van der Waals surface area (Å²) in [6, 6.07) is 7.02. The number of amides is 2. The van der Waals surface area contributed by atoms with Gasteiger partial charge in [0.25, 0.3) is 5.91 Å². The van der Waals surface area contributed by atoms with E-state index in [0.29, 0.717) is 55.3 Å². The van der Waals surface area contributed by atoms with Crippen molar-refractivity contribution in [2.45, 2.75) is 38.1 Å². The Morgan fingerprint density at radius 3 is 2.39 bits per heavy atom. The van der Waals surface area contributed by atoms with Crippen LogP contribution >= 0.6 is 11.3 Å². The molecule has 0 aliphatic carbocycles. The fourth-order valence-corrected chi connectivity index (χ4v) is 6.13. The van der Waals surface area contributed by atoms with Gasteiger partial charge in [-0.1, -0.05) is 18.6 Å². The number of anilines is 2. The van der Waals surface area contributed by atoms with Crippen LogP contribution in [0.3, 0.4) is 0 Å². The van der Waals surface area contributed by atoms with Crippen molar-refractivity contribution in [2.75, 3.05) is 64.2 Å². The van der Waals surface area contributed by atoms with Crippen LogP contribution in [-0.2, 0) is 4.79 Å². The Labute approximate surface area is 216 Å². The van der Waals surface area contributed by atoms with Crippen molar-refractivity contribution in [3.63, 3.8) is 0 Å². The third-order valence-electron chi connectivity index (χ3n) is 7.58. The van der Waals surface area contributed by atoms with Crippen molar-refractivity contribution in [1.29, 1.82) is 0 Å². The second kappa shape index (κ2) is 11.7. The Morgan fingerprint density at radius 2 is 1.67 bits per heavy atom. The molecule has 4 heterocycles. The van der Waals surface area contributed by atoms with Gasteiger partial charge in [-0.15, -0.1) is 11.3 Å².